The van der Waals surface area contributed by atoms with Gasteiger partial charge in [-0.05, 0) is 31.0 Å². The monoisotopic (exact) mass is 413 g/mol. The van der Waals surface area contributed by atoms with Crippen LogP contribution in [-0.4, -0.2) is 35.0 Å². The first-order valence-corrected chi connectivity index (χ1v) is 10.3. The topological polar surface area (TPSA) is 84.1 Å². The van der Waals surface area contributed by atoms with Crippen LogP contribution < -0.4 is 16.0 Å². The molecule has 3 heterocycles. The SMILES string of the molecule is NC1CCN(c2ccc(C(=O)Nc3nc(-c4ccccc4Cl)cs3)nc2)CC1. The molecule has 6 nitrogen and oxygen atoms in total. The Hall–Kier alpha value is -2.48. The Balaban J connectivity index is 1.42. The average Bonchev–Trinajstić information content (AvgIpc) is 3.17. The van der Waals surface area contributed by atoms with E-state index in [9.17, 15) is 4.79 Å². The molecule has 1 fully saturated rings. The number of aromatic nitrogens is 2. The van der Waals surface area contributed by atoms with Crippen molar-refractivity contribution in [2.24, 2.45) is 5.73 Å². The second-order valence-corrected chi connectivity index (χ2v) is 7.96. The van der Waals surface area contributed by atoms with Gasteiger partial charge in [0.15, 0.2) is 5.13 Å². The van der Waals surface area contributed by atoms with E-state index in [1.807, 2.05) is 35.7 Å². The molecular weight excluding hydrogens is 394 g/mol. The van der Waals surface area contributed by atoms with Crippen molar-refractivity contribution in [3.05, 3.63) is 58.7 Å². The van der Waals surface area contributed by atoms with Gasteiger partial charge >= 0.3 is 0 Å². The zero-order valence-electron chi connectivity index (χ0n) is 15.1. The van der Waals surface area contributed by atoms with Gasteiger partial charge in [-0.15, -0.1) is 11.3 Å². The highest BCUT2D eigenvalue weighted by molar-refractivity contribution is 7.14. The van der Waals surface area contributed by atoms with Gasteiger partial charge in [-0.3, -0.25) is 10.1 Å². The van der Waals surface area contributed by atoms with Crippen molar-refractivity contribution in [1.82, 2.24) is 9.97 Å². The lowest BCUT2D eigenvalue weighted by Gasteiger charge is -2.31. The number of carbonyl (C=O) groups excluding carboxylic acids is 1. The average molecular weight is 414 g/mol. The number of rotatable bonds is 4. The summed E-state index contributed by atoms with van der Waals surface area (Å²) < 4.78 is 0. The molecule has 0 radical (unpaired) electrons. The van der Waals surface area contributed by atoms with Crippen molar-refractivity contribution < 1.29 is 4.79 Å². The van der Waals surface area contributed by atoms with E-state index < -0.39 is 0 Å². The van der Waals surface area contributed by atoms with Crippen molar-refractivity contribution >= 4 is 39.7 Å². The maximum absolute atomic E-state index is 12.5. The molecule has 4 rings (SSSR count). The number of hydrogen-bond donors (Lipinski definition) is 2. The fourth-order valence-electron chi connectivity index (χ4n) is 3.15. The van der Waals surface area contributed by atoms with E-state index in [-0.39, 0.29) is 11.9 Å². The van der Waals surface area contributed by atoms with Crippen LogP contribution in [0.25, 0.3) is 11.3 Å². The molecule has 1 aromatic carbocycles. The highest BCUT2D eigenvalue weighted by Gasteiger charge is 2.17. The second-order valence-electron chi connectivity index (χ2n) is 6.70. The molecule has 0 aliphatic carbocycles. The fraction of sp³-hybridized carbons (Fsp3) is 0.250. The summed E-state index contributed by atoms with van der Waals surface area (Å²) in [7, 11) is 0. The molecule has 1 aliphatic rings. The number of thiazole rings is 1. The molecule has 144 valence electrons. The van der Waals surface area contributed by atoms with Gasteiger partial charge < -0.3 is 10.6 Å². The van der Waals surface area contributed by atoms with E-state index >= 15 is 0 Å². The van der Waals surface area contributed by atoms with Crippen LogP contribution in [0.1, 0.15) is 23.3 Å². The van der Waals surface area contributed by atoms with Crippen molar-refractivity contribution in [3.8, 4) is 11.3 Å². The number of nitrogens with two attached hydrogens (primary N) is 1. The van der Waals surface area contributed by atoms with E-state index in [1.165, 1.54) is 11.3 Å². The molecular formula is C20H20ClN5OS. The summed E-state index contributed by atoms with van der Waals surface area (Å²) >= 11 is 7.57. The zero-order chi connectivity index (χ0) is 19.5. The Bertz CT molecular complexity index is 967. The number of anilines is 2. The number of nitrogens with one attached hydrogen (secondary N) is 1. The first-order chi connectivity index (χ1) is 13.6. The van der Waals surface area contributed by atoms with Crippen LogP contribution in [-0.2, 0) is 0 Å². The Kier molecular flexibility index (Phi) is 5.57. The second kappa shape index (κ2) is 8.26. The molecule has 3 aromatic rings. The number of hydrogen-bond acceptors (Lipinski definition) is 6. The summed E-state index contributed by atoms with van der Waals surface area (Å²) in [5.41, 5.74) is 8.89. The van der Waals surface area contributed by atoms with E-state index in [4.69, 9.17) is 17.3 Å². The largest absolute Gasteiger partial charge is 0.370 e. The van der Waals surface area contributed by atoms with Gasteiger partial charge in [0.1, 0.15) is 5.69 Å². The molecule has 1 amide bonds. The first-order valence-electron chi connectivity index (χ1n) is 9.08. The van der Waals surface area contributed by atoms with Crippen LogP contribution in [0, 0.1) is 0 Å². The lowest BCUT2D eigenvalue weighted by atomic mass is 10.1. The lowest BCUT2D eigenvalue weighted by molar-refractivity contribution is 0.102. The minimum absolute atomic E-state index is 0.281. The molecule has 28 heavy (non-hydrogen) atoms. The van der Waals surface area contributed by atoms with Gasteiger partial charge in [-0.2, -0.15) is 0 Å². The number of piperidine rings is 1. The smallest absolute Gasteiger partial charge is 0.276 e. The molecule has 0 saturated carbocycles. The third-order valence-corrected chi connectivity index (χ3v) is 5.85. The molecule has 0 spiro atoms. The fourth-order valence-corrected chi connectivity index (χ4v) is 4.09. The molecule has 3 N–H and O–H groups in total. The number of pyridine rings is 1. The Morgan fingerprint density at radius 1 is 1.21 bits per heavy atom. The highest BCUT2D eigenvalue weighted by Crippen LogP contribution is 2.30. The van der Waals surface area contributed by atoms with Crippen LogP contribution >= 0.6 is 22.9 Å². The van der Waals surface area contributed by atoms with Gasteiger partial charge in [0.05, 0.1) is 17.6 Å². The summed E-state index contributed by atoms with van der Waals surface area (Å²) in [6.07, 6.45) is 3.68. The third kappa shape index (κ3) is 4.16. The summed E-state index contributed by atoms with van der Waals surface area (Å²) in [6, 6.07) is 11.4. The minimum atomic E-state index is -0.285. The standard InChI is InChI=1S/C20H20ClN5OS/c21-16-4-2-1-3-15(16)18-12-28-20(24-18)25-19(27)17-6-5-14(11-23-17)26-9-7-13(22)8-10-26/h1-6,11-13H,7-10,22H2,(H,24,25,27). The van der Waals surface area contributed by atoms with Gasteiger partial charge in [-0.25, -0.2) is 9.97 Å². The van der Waals surface area contributed by atoms with Crippen molar-refractivity contribution in [1.29, 1.82) is 0 Å². The first kappa shape index (κ1) is 18.9. The van der Waals surface area contributed by atoms with Crippen molar-refractivity contribution in [3.63, 3.8) is 0 Å². The Morgan fingerprint density at radius 3 is 2.71 bits per heavy atom. The van der Waals surface area contributed by atoms with E-state index in [0.717, 1.165) is 42.9 Å². The molecule has 0 unspecified atom stereocenters. The maximum atomic E-state index is 12.5. The predicted octanol–water partition coefficient (Wildman–Crippen LogP) is 4.04. The van der Waals surface area contributed by atoms with Gasteiger partial charge in [0.25, 0.3) is 5.91 Å². The van der Waals surface area contributed by atoms with Gasteiger partial charge in [-0.1, -0.05) is 29.8 Å². The molecule has 1 aliphatic heterocycles. The summed E-state index contributed by atoms with van der Waals surface area (Å²) in [6.45, 7) is 1.83. The van der Waals surface area contributed by atoms with E-state index in [2.05, 4.69) is 20.2 Å². The minimum Gasteiger partial charge on any atom is -0.370 e. The number of benzene rings is 1. The number of nitrogens with zero attached hydrogens (tertiary/aromatic N) is 3. The zero-order valence-corrected chi connectivity index (χ0v) is 16.7. The number of halogens is 1. The van der Waals surface area contributed by atoms with Gasteiger partial charge in [0, 0.05) is 35.1 Å². The molecule has 2 aromatic heterocycles. The third-order valence-electron chi connectivity index (χ3n) is 4.76. The quantitative estimate of drug-likeness (QED) is 0.674. The summed E-state index contributed by atoms with van der Waals surface area (Å²) in [5, 5.41) is 5.81. The van der Waals surface area contributed by atoms with Crippen LogP contribution in [0.4, 0.5) is 10.8 Å². The molecule has 0 bridgehead atoms. The Morgan fingerprint density at radius 2 is 2.00 bits per heavy atom. The number of amides is 1. The lowest BCUT2D eigenvalue weighted by Crippen LogP contribution is -2.39. The van der Waals surface area contributed by atoms with Gasteiger partial charge in [0.2, 0.25) is 0 Å². The van der Waals surface area contributed by atoms with Crippen molar-refractivity contribution in [2.45, 2.75) is 18.9 Å². The molecule has 0 atom stereocenters. The maximum Gasteiger partial charge on any atom is 0.276 e. The molecule has 8 heteroatoms. The van der Waals surface area contributed by atoms with E-state index in [1.54, 1.807) is 12.3 Å². The highest BCUT2D eigenvalue weighted by atomic mass is 35.5. The van der Waals surface area contributed by atoms with E-state index in [0.29, 0.717) is 15.8 Å². The Labute approximate surface area is 172 Å². The normalized spacial score (nSPS) is 14.9. The summed E-state index contributed by atoms with van der Waals surface area (Å²) in [5.74, 6) is -0.285. The van der Waals surface area contributed by atoms with Crippen LogP contribution in [0.3, 0.4) is 0 Å². The predicted molar refractivity (Wildman–Crippen MR) is 114 cm³/mol. The number of carbonyl (C=O) groups is 1. The van der Waals surface area contributed by atoms with Crippen LogP contribution in [0.5, 0.6) is 0 Å². The van der Waals surface area contributed by atoms with Crippen molar-refractivity contribution in [2.75, 3.05) is 23.3 Å². The molecule has 1 saturated heterocycles. The summed E-state index contributed by atoms with van der Waals surface area (Å²) in [4.78, 5) is 23.5. The van der Waals surface area contributed by atoms with Crippen LogP contribution in [0.15, 0.2) is 48.0 Å². The van der Waals surface area contributed by atoms with Crippen LogP contribution in [0.2, 0.25) is 5.02 Å².